The Labute approximate surface area is 123 Å². The Balaban J connectivity index is 2.81. The normalized spacial score (nSPS) is 11.8. The number of nitrogens with two attached hydrogens (primary N) is 1. The molecular weight excluding hydrogens is 278 g/mol. The lowest BCUT2D eigenvalue weighted by molar-refractivity contribution is -0.119. The predicted octanol–water partition coefficient (Wildman–Crippen LogP) is 2.61. The molecule has 1 aromatic carbocycles. The van der Waals surface area contributed by atoms with Crippen LogP contribution in [-0.2, 0) is 9.59 Å². The number of rotatable bonds is 6. The molecule has 0 saturated carbocycles. The molecule has 20 heavy (non-hydrogen) atoms. The van der Waals surface area contributed by atoms with Gasteiger partial charge in [-0.3, -0.25) is 9.59 Å². The van der Waals surface area contributed by atoms with Gasteiger partial charge in [-0.1, -0.05) is 25.4 Å². The molecule has 1 rings (SSSR count). The number of halogens is 1. The lowest BCUT2D eigenvalue weighted by Gasteiger charge is -2.13. The average Bonchev–Trinajstić information content (AvgIpc) is 2.42. The van der Waals surface area contributed by atoms with Crippen molar-refractivity contribution in [2.75, 3.05) is 17.2 Å². The highest BCUT2D eigenvalue weighted by atomic mass is 35.5. The molecule has 2 amide bonds. The minimum Gasteiger partial charge on any atom is -0.330 e. The summed E-state index contributed by atoms with van der Waals surface area (Å²) in [5.41, 5.74) is 6.51. The minimum absolute atomic E-state index is 0.0962. The third-order valence-electron chi connectivity index (χ3n) is 2.88. The smallest absolute Gasteiger partial charge is 0.227 e. The zero-order valence-electron chi connectivity index (χ0n) is 11.7. The first-order valence-electron chi connectivity index (χ1n) is 6.58. The first-order chi connectivity index (χ1) is 9.47. The van der Waals surface area contributed by atoms with Crippen molar-refractivity contribution in [3.63, 3.8) is 0 Å². The maximum absolute atomic E-state index is 11.9. The van der Waals surface area contributed by atoms with Crippen LogP contribution in [0.1, 0.15) is 26.7 Å². The summed E-state index contributed by atoms with van der Waals surface area (Å²) in [7, 11) is 0. The third-order valence-corrected chi connectivity index (χ3v) is 3.21. The van der Waals surface area contributed by atoms with Crippen LogP contribution in [0.5, 0.6) is 0 Å². The molecule has 0 fully saturated rings. The molecule has 0 aliphatic carbocycles. The zero-order chi connectivity index (χ0) is 15.1. The molecule has 0 aliphatic rings. The van der Waals surface area contributed by atoms with Crippen molar-refractivity contribution in [3.05, 3.63) is 23.2 Å². The minimum atomic E-state index is -0.190. The van der Waals surface area contributed by atoms with E-state index < -0.39 is 0 Å². The van der Waals surface area contributed by atoms with E-state index in [4.69, 9.17) is 17.3 Å². The van der Waals surface area contributed by atoms with Crippen molar-refractivity contribution in [1.29, 1.82) is 0 Å². The van der Waals surface area contributed by atoms with Gasteiger partial charge >= 0.3 is 0 Å². The van der Waals surface area contributed by atoms with Crippen LogP contribution in [0.3, 0.4) is 0 Å². The van der Waals surface area contributed by atoms with Gasteiger partial charge in [0.05, 0.1) is 10.7 Å². The quantitative estimate of drug-likeness (QED) is 0.754. The summed E-state index contributed by atoms with van der Waals surface area (Å²) in [6, 6.07) is 4.97. The number of carbonyl (C=O) groups is 2. The first-order valence-corrected chi connectivity index (χ1v) is 6.96. The van der Waals surface area contributed by atoms with Crippen LogP contribution >= 0.6 is 11.6 Å². The van der Waals surface area contributed by atoms with Gasteiger partial charge in [-0.15, -0.1) is 0 Å². The highest BCUT2D eigenvalue weighted by Crippen LogP contribution is 2.26. The van der Waals surface area contributed by atoms with Crippen LogP contribution in [0.4, 0.5) is 11.4 Å². The summed E-state index contributed by atoms with van der Waals surface area (Å²) >= 11 is 6.04. The number of nitrogens with one attached hydrogen (secondary N) is 2. The van der Waals surface area contributed by atoms with E-state index in [1.807, 2.05) is 0 Å². The molecule has 0 saturated heterocycles. The maximum atomic E-state index is 11.9. The number of hydrogen-bond donors (Lipinski definition) is 3. The molecule has 0 radical (unpaired) electrons. The molecule has 5 nitrogen and oxygen atoms in total. The first kappa shape index (κ1) is 16.5. The fourth-order valence-corrected chi connectivity index (χ4v) is 1.75. The van der Waals surface area contributed by atoms with E-state index in [1.165, 1.54) is 0 Å². The maximum Gasteiger partial charge on any atom is 0.227 e. The number of amides is 2. The van der Waals surface area contributed by atoms with Gasteiger partial charge in [0, 0.05) is 18.0 Å². The number of carbonyl (C=O) groups excluding carboxylic acids is 2. The second kappa shape index (κ2) is 7.87. The van der Waals surface area contributed by atoms with Crippen molar-refractivity contribution >= 4 is 34.8 Å². The Bertz CT molecular complexity index is 491. The summed E-state index contributed by atoms with van der Waals surface area (Å²) in [5, 5.41) is 5.89. The van der Waals surface area contributed by atoms with Gasteiger partial charge in [-0.05, 0) is 31.2 Å². The number of anilines is 2. The molecule has 0 spiro atoms. The van der Waals surface area contributed by atoms with E-state index in [0.29, 0.717) is 35.8 Å². The van der Waals surface area contributed by atoms with Gasteiger partial charge in [0.2, 0.25) is 11.8 Å². The SMILES string of the molecule is CCC(=O)Nc1ccc(Cl)c(NC(=O)C(C)CCN)c1. The Morgan fingerprint density at radius 3 is 2.65 bits per heavy atom. The molecule has 1 atom stereocenters. The van der Waals surface area contributed by atoms with Gasteiger partial charge in [0.15, 0.2) is 0 Å². The van der Waals surface area contributed by atoms with Crippen LogP contribution in [0.2, 0.25) is 5.02 Å². The number of benzene rings is 1. The van der Waals surface area contributed by atoms with Crippen LogP contribution in [0, 0.1) is 5.92 Å². The van der Waals surface area contributed by atoms with Crippen LogP contribution in [-0.4, -0.2) is 18.4 Å². The summed E-state index contributed by atoms with van der Waals surface area (Å²) in [6.07, 6.45) is 0.994. The molecule has 1 aromatic rings. The van der Waals surface area contributed by atoms with Crippen molar-refractivity contribution < 1.29 is 9.59 Å². The standard InChI is InChI=1S/C14H20ClN3O2/c1-3-13(19)17-10-4-5-11(15)12(8-10)18-14(20)9(2)6-7-16/h4-5,8-9H,3,6-7,16H2,1-2H3,(H,17,19)(H,18,20). The predicted molar refractivity (Wildman–Crippen MR) is 81.8 cm³/mol. The van der Waals surface area contributed by atoms with E-state index >= 15 is 0 Å². The average molecular weight is 298 g/mol. The fraction of sp³-hybridized carbons (Fsp3) is 0.429. The highest BCUT2D eigenvalue weighted by Gasteiger charge is 2.14. The largest absolute Gasteiger partial charge is 0.330 e. The Hall–Kier alpha value is -1.59. The lowest BCUT2D eigenvalue weighted by atomic mass is 10.1. The van der Waals surface area contributed by atoms with E-state index in [1.54, 1.807) is 32.0 Å². The van der Waals surface area contributed by atoms with Crippen molar-refractivity contribution in [2.45, 2.75) is 26.7 Å². The van der Waals surface area contributed by atoms with Crippen LogP contribution in [0.15, 0.2) is 18.2 Å². The molecule has 0 heterocycles. The van der Waals surface area contributed by atoms with Gasteiger partial charge in [0.25, 0.3) is 0 Å². The van der Waals surface area contributed by atoms with Gasteiger partial charge < -0.3 is 16.4 Å². The molecule has 0 aliphatic heterocycles. The highest BCUT2D eigenvalue weighted by molar-refractivity contribution is 6.33. The fourth-order valence-electron chi connectivity index (χ4n) is 1.59. The van der Waals surface area contributed by atoms with Crippen molar-refractivity contribution in [1.82, 2.24) is 0 Å². The molecular formula is C14H20ClN3O2. The molecule has 110 valence electrons. The van der Waals surface area contributed by atoms with E-state index in [0.717, 1.165) is 0 Å². The van der Waals surface area contributed by atoms with E-state index in [-0.39, 0.29) is 17.7 Å². The number of hydrogen-bond acceptors (Lipinski definition) is 3. The molecule has 6 heteroatoms. The molecule has 4 N–H and O–H groups in total. The molecule has 0 aromatic heterocycles. The monoisotopic (exact) mass is 297 g/mol. The van der Waals surface area contributed by atoms with E-state index in [9.17, 15) is 9.59 Å². The zero-order valence-corrected chi connectivity index (χ0v) is 12.5. The van der Waals surface area contributed by atoms with Gasteiger partial charge in [0.1, 0.15) is 0 Å². The van der Waals surface area contributed by atoms with Gasteiger partial charge in [-0.2, -0.15) is 0 Å². The van der Waals surface area contributed by atoms with Crippen LogP contribution < -0.4 is 16.4 Å². The Morgan fingerprint density at radius 1 is 1.35 bits per heavy atom. The van der Waals surface area contributed by atoms with E-state index in [2.05, 4.69) is 10.6 Å². The summed E-state index contributed by atoms with van der Waals surface area (Å²) in [4.78, 5) is 23.3. The van der Waals surface area contributed by atoms with Crippen molar-refractivity contribution in [2.24, 2.45) is 11.7 Å². The summed E-state index contributed by atoms with van der Waals surface area (Å²) in [6.45, 7) is 4.02. The second-order valence-corrected chi connectivity index (χ2v) is 4.97. The molecule has 0 bridgehead atoms. The summed E-state index contributed by atoms with van der Waals surface area (Å²) < 4.78 is 0. The Morgan fingerprint density at radius 2 is 2.05 bits per heavy atom. The summed E-state index contributed by atoms with van der Waals surface area (Å²) in [5.74, 6) is -0.428. The second-order valence-electron chi connectivity index (χ2n) is 4.56. The van der Waals surface area contributed by atoms with Gasteiger partial charge in [-0.25, -0.2) is 0 Å². The third kappa shape index (κ3) is 4.83. The lowest BCUT2D eigenvalue weighted by Crippen LogP contribution is -2.23. The Kier molecular flexibility index (Phi) is 6.48. The van der Waals surface area contributed by atoms with Crippen LogP contribution in [0.25, 0.3) is 0 Å². The van der Waals surface area contributed by atoms with Crippen molar-refractivity contribution in [3.8, 4) is 0 Å². The topological polar surface area (TPSA) is 84.2 Å². The molecule has 1 unspecified atom stereocenters.